The molecule has 3 nitrogen and oxygen atoms in total. The summed E-state index contributed by atoms with van der Waals surface area (Å²) < 4.78 is 5.51. The van der Waals surface area contributed by atoms with E-state index < -0.39 is 0 Å². The highest BCUT2D eigenvalue weighted by molar-refractivity contribution is 5.47. The van der Waals surface area contributed by atoms with E-state index in [2.05, 4.69) is 43.0 Å². The molecule has 0 unspecified atom stereocenters. The summed E-state index contributed by atoms with van der Waals surface area (Å²) in [5, 5.41) is 0. The van der Waals surface area contributed by atoms with Gasteiger partial charge in [0.15, 0.2) is 0 Å². The fraction of sp³-hybridized carbons (Fsp3) is 0.333. The molecule has 96 valence electrons. The summed E-state index contributed by atoms with van der Waals surface area (Å²) in [4.78, 5) is 2.28. The number of benzene rings is 1. The molecule has 1 aromatic carbocycles. The van der Waals surface area contributed by atoms with Crippen LogP contribution in [0.5, 0.6) is 0 Å². The van der Waals surface area contributed by atoms with Gasteiger partial charge in [0.05, 0.1) is 12.8 Å². The number of hydrogen-bond donors (Lipinski definition) is 1. The molecule has 0 aliphatic carbocycles. The molecule has 0 aliphatic heterocycles. The summed E-state index contributed by atoms with van der Waals surface area (Å²) in [7, 11) is 0. The molecule has 0 bridgehead atoms. The van der Waals surface area contributed by atoms with Crippen LogP contribution in [-0.2, 0) is 13.1 Å². The van der Waals surface area contributed by atoms with Crippen LogP contribution < -0.4 is 10.6 Å². The Kier molecular flexibility index (Phi) is 4.05. The first-order valence-corrected chi connectivity index (χ1v) is 6.31. The minimum Gasteiger partial charge on any atom is -0.467 e. The number of rotatable bonds is 5. The summed E-state index contributed by atoms with van der Waals surface area (Å²) in [5.41, 5.74) is 9.26. The third-order valence-electron chi connectivity index (χ3n) is 3.17. The van der Waals surface area contributed by atoms with Gasteiger partial charge >= 0.3 is 0 Å². The minimum absolute atomic E-state index is 0.525. The van der Waals surface area contributed by atoms with Crippen LogP contribution in [0, 0.1) is 6.92 Å². The van der Waals surface area contributed by atoms with Gasteiger partial charge in [-0.25, -0.2) is 0 Å². The van der Waals surface area contributed by atoms with Crippen LogP contribution in [0.3, 0.4) is 0 Å². The number of furan rings is 1. The van der Waals surface area contributed by atoms with E-state index in [4.69, 9.17) is 10.2 Å². The van der Waals surface area contributed by atoms with E-state index >= 15 is 0 Å². The second-order valence-corrected chi connectivity index (χ2v) is 4.42. The first-order valence-electron chi connectivity index (χ1n) is 6.31. The molecule has 0 spiro atoms. The van der Waals surface area contributed by atoms with Gasteiger partial charge in [0.2, 0.25) is 0 Å². The third-order valence-corrected chi connectivity index (χ3v) is 3.17. The number of hydrogen-bond acceptors (Lipinski definition) is 3. The molecule has 0 saturated carbocycles. The van der Waals surface area contributed by atoms with Crippen molar-refractivity contribution in [1.82, 2.24) is 0 Å². The van der Waals surface area contributed by atoms with Crippen molar-refractivity contribution >= 4 is 5.69 Å². The Morgan fingerprint density at radius 2 is 1.89 bits per heavy atom. The number of anilines is 1. The van der Waals surface area contributed by atoms with E-state index in [0.29, 0.717) is 6.54 Å². The largest absolute Gasteiger partial charge is 0.467 e. The van der Waals surface area contributed by atoms with Crippen molar-refractivity contribution in [1.29, 1.82) is 0 Å². The van der Waals surface area contributed by atoms with Crippen molar-refractivity contribution in [3.05, 3.63) is 53.5 Å². The lowest BCUT2D eigenvalue weighted by atomic mass is 10.2. The van der Waals surface area contributed by atoms with Gasteiger partial charge in [0, 0.05) is 24.3 Å². The van der Waals surface area contributed by atoms with Crippen molar-refractivity contribution in [3.8, 4) is 0 Å². The minimum atomic E-state index is 0.525. The van der Waals surface area contributed by atoms with E-state index in [1.54, 1.807) is 6.26 Å². The summed E-state index contributed by atoms with van der Waals surface area (Å²) in [6.45, 7) is 6.47. The van der Waals surface area contributed by atoms with Gasteiger partial charge in [0.1, 0.15) is 5.76 Å². The van der Waals surface area contributed by atoms with E-state index in [9.17, 15) is 0 Å². The number of aryl methyl sites for hydroxylation is 1. The maximum atomic E-state index is 5.69. The van der Waals surface area contributed by atoms with Gasteiger partial charge in [-0.15, -0.1) is 0 Å². The zero-order valence-corrected chi connectivity index (χ0v) is 11.0. The molecule has 1 heterocycles. The molecule has 0 fully saturated rings. The molecule has 0 saturated heterocycles. The average molecular weight is 244 g/mol. The van der Waals surface area contributed by atoms with E-state index in [1.807, 2.05) is 6.07 Å². The summed E-state index contributed by atoms with van der Waals surface area (Å²) >= 11 is 0. The topological polar surface area (TPSA) is 42.4 Å². The van der Waals surface area contributed by atoms with Crippen LogP contribution in [0.15, 0.2) is 41.0 Å². The van der Waals surface area contributed by atoms with Crippen molar-refractivity contribution in [2.45, 2.75) is 26.9 Å². The zero-order valence-electron chi connectivity index (χ0n) is 11.0. The van der Waals surface area contributed by atoms with Crippen LogP contribution in [-0.4, -0.2) is 6.54 Å². The second-order valence-electron chi connectivity index (χ2n) is 4.42. The number of nitrogens with zero attached hydrogens (tertiary/aromatic N) is 1. The average Bonchev–Trinajstić information content (AvgIpc) is 2.84. The zero-order chi connectivity index (χ0) is 13.0. The predicted octanol–water partition coefficient (Wildman–Crippen LogP) is 3.07. The van der Waals surface area contributed by atoms with Crippen LogP contribution in [0.25, 0.3) is 0 Å². The molecule has 1 aromatic heterocycles. The molecule has 0 radical (unpaired) electrons. The normalized spacial score (nSPS) is 10.6. The molecular weight excluding hydrogens is 224 g/mol. The van der Waals surface area contributed by atoms with Gasteiger partial charge in [-0.1, -0.05) is 17.7 Å². The van der Waals surface area contributed by atoms with Crippen molar-refractivity contribution in [2.24, 2.45) is 5.73 Å². The van der Waals surface area contributed by atoms with E-state index in [1.165, 1.54) is 11.3 Å². The first kappa shape index (κ1) is 12.7. The summed E-state index contributed by atoms with van der Waals surface area (Å²) in [6, 6.07) is 10.5. The lowest BCUT2D eigenvalue weighted by molar-refractivity contribution is 0.499. The maximum Gasteiger partial charge on any atom is 0.127 e. The Morgan fingerprint density at radius 1 is 1.17 bits per heavy atom. The van der Waals surface area contributed by atoms with Gasteiger partial charge in [-0.2, -0.15) is 0 Å². The van der Waals surface area contributed by atoms with Gasteiger partial charge in [0.25, 0.3) is 0 Å². The van der Waals surface area contributed by atoms with Crippen molar-refractivity contribution in [3.63, 3.8) is 0 Å². The van der Waals surface area contributed by atoms with Gasteiger partial charge in [-0.05, 0) is 32.0 Å². The Labute approximate surface area is 108 Å². The number of nitrogens with two attached hydrogens (primary N) is 1. The third kappa shape index (κ3) is 2.74. The second kappa shape index (κ2) is 5.74. The molecule has 18 heavy (non-hydrogen) atoms. The lowest BCUT2D eigenvalue weighted by Crippen LogP contribution is -2.22. The fourth-order valence-electron chi connectivity index (χ4n) is 2.00. The Morgan fingerprint density at radius 3 is 2.50 bits per heavy atom. The lowest BCUT2D eigenvalue weighted by Gasteiger charge is -2.22. The van der Waals surface area contributed by atoms with Crippen LogP contribution >= 0.6 is 0 Å². The van der Waals surface area contributed by atoms with Crippen molar-refractivity contribution < 1.29 is 4.42 Å². The molecule has 0 aliphatic rings. The fourth-order valence-corrected chi connectivity index (χ4v) is 2.00. The van der Waals surface area contributed by atoms with Gasteiger partial charge in [-0.3, -0.25) is 0 Å². The molecule has 2 N–H and O–H groups in total. The van der Waals surface area contributed by atoms with Crippen LogP contribution in [0.4, 0.5) is 5.69 Å². The molecule has 2 rings (SSSR count). The molecule has 0 amide bonds. The summed E-state index contributed by atoms with van der Waals surface area (Å²) in [5.74, 6) is 0.958. The predicted molar refractivity (Wildman–Crippen MR) is 74.5 cm³/mol. The molecular formula is C15H20N2O. The quantitative estimate of drug-likeness (QED) is 0.879. The van der Waals surface area contributed by atoms with Crippen LogP contribution in [0.2, 0.25) is 0 Å². The first-order chi connectivity index (χ1) is 8.74. The van der Waals surface area contributed by atoms with E-state index in [-0.39, 0.29) is 0 Å². The monoisotopic (exact) mass is 244 g/mol. The molecule has 2 aromatic rings. The van der Waals surface area contributed by atoms with Crippen LogP contribution in [0.1, 0.15) is 23.8 Å². The van der Waals surface area contributed by atoms with Gasteiger partial charge < -0.3 is 15.1 Å². The highest BCUT2D eigenvalue weighted by Gasteiger charge is 2.10. The van der Waals surface area contributed by atoms with E-state index in [0.717, 1.165) is 24.4 Å². The molecule has 3 heteroatoms. The molecule has 0 atom stereocenters. The maximum absolute atomic E-state index is 5.69. The smallest absolute Gasteiger partial charge is 0.127 e. The SMILES string of the molecule is CCN(Cc1occc1CN)c1ccc(C)cc1. The highest BCUT2D eigenvalue weighted by atomic mass is 16.3. The summed E-state index contributed by atoms with van der Waals surface area (Å²) in [6.07, 6.45) is 1.71. The Hall–Kier alpha value is -1.74. The van der Waals surface area contributed by atoms with Crippen molar-refractivity contribution in [2.75, 3.05) is 11.4 Å². The highest BCUT2D eigenvalue weighted by Crippen LogP contribution is 2.20. The Bertz CT molecular complexity index is 487. The Balaban J connectivity index is 2.17. The standard InChI is InChI=1S/C15H20N2O/c1-3-17(14-6-4-12(2)5-7-14)11-15-13(10-16)8-9-18-15/h4-9H,3,10-11,16H2,1-2H3.